The number of benzene rings is 1. The van der Waals surface area contributed by atoms with Crippen molar-refractivity contribution < 1.29 is 14.3 Å². The second-order valence-corrected chi connectivity index (χ2v) is 4.57. The Hall–Kier alpha value is -2.70. The molecule has 0 spiro atoms. The number of furan rings is 1. The van der Waals surface area contributed by atoms with Crippen molar-refractivity contribution in [1.29, 1.82) is 0 Å². The van der Waals surface area contributed by atoms with Crippen LogP contribution in [-0.4, -0.2) is 31.3 Å². The van der Waals surface area contributed by atoms with Crippen molar-refractivity contribution in [2.45, 2.75) is 13.5 Å². The number of aromatic nitrogens is 4. The molecule has 0 radical (unpaired) electrons. The molecule has 0 fully saturated rings. The van der Waals surface area contributed by atoms with Crippen LogP contribution in [0.25, 0.3) is 22.4 Å². The second-order valence-electron chi connectivity index (χ2n) is 4.57. The minimum absolute atomic E-state index is 0.206. The Labute approximate surface area is 113 Å². The van der Waals surface area contributed by atoms with Gasteiger partial charge in [-0.1, -0.05) is 25.1 Å². The van der Waals surface area contributed by atoms with Gasteiger partial charge in [0.25, 0.3) is 0 Å². The maximum Gasteiger partial charge on any atom is 0.308 e. The van der Waals surface area contributed by atoms with Crippen molar-refractivity contribution in [2.24, 2.45) is 5.92 Å². The minimum atomic E-state index is -0.886. The zero-order valence-corrected chi connectivity index (χ0v) is 10.7. The highest BCUT2D eigenvalue weighted by atomic mass is 16.4. The van der Waals surface area contributed by atoms with Gasteiger partial charge in [0, 0.05) is 5.39 Å². The highest BCUT2D eigenvalue weighted by molar-refractivity contribution is 5.91. The molecule has 0 aliphatic carbocycles. The molecule has 1 aromatic carbocycles. The standard InChI is InChI=1S/C13H12N4O3/c1-8(13(18)19)6-17-12(14-15-16-17)10-7-20-11-5-3-2-4-9(10)11/h2-5,7-8H,6H2,1H3,(H,18,19). The van der Waals surface area contributed by atoms with Gasteiger partial charge in [-0.25, -0.2) is 4.68 Å². The summed E-state index contributed by atoms with van der Waals surface area (Å²) >= 11 is 0. The number of hydrogen-bond acceptors (Lipinski definition) is 5. The summed E-state index contributed by atoms with van der Waals surface area (Å²) in [6, 6.07) is 7.54. The summed E-state index contributed by atoms with van der Waals surface area (Å²) in [5.41, 5.74) is 1.49. The van der Waals surface area contributed by atoms with Crippen molar-refractivity contribution in [1.82, 2.24) is 20.2 Å². The van der Waals surface area contributed by atoms with Crippen LogP contribution < -0.4 is 0 Å². The number of carbonyl (C=O) groups is 1. The predicted molar refractivity (Wildman–Crippen MR) is 69.8 cm³/mol. The Balaban J connectivity index is 2.03. The lowest BCUT2D eigenvalue weighted by molar-refractivity contribution is -0.141. The summed E-state index contributed by atoms with van der Waals surface area (Å²) in [5, 5.41) is 21.3. The molecule has 7 heteroatoms. The Morgan fingerprint density at radius 3 is 3.05 bits per heavy atom. The van der Waals surface area contributed by atoms with Crippen LogP contribution in [0.3, 0.4) is 0 Å². The lowest BCUT2D eigenvalue weighted by atomic mass is 10.1. The van der Waals surface area contributed by atoms with E-state index in [9.17, 15) is 4.79 Å². The monoisotopic (exact) mass is 272 g/mol. The van der Waals surface area contributed by atoms with Crippen molar-refractivity contribution >= 4 is 16.9 Å². The molecule has 3 aromatic rings. The molecule has 1 unspecified atom stereocenters. The molecule has 0 bridgehead atoms. The quantitative estimate of drug-likeness (QED) is 0.778. The van der Waals surface area contributed by atoms with E-state index in [2.05, 4.69) is 15.5 Å². The first-order chi connectivity index (χ1) is 9.66. The van der Waals surface area contributed by atoms with Gasteiger partial charge in [0.2, 0.25) is 0 Å². The molecule has 102 valence electrons. The van der Waals surface area contributed by atoms with E-state index in [0.29, 0.717) is 5.82 Å². The molecule has 0 saturated carbocycles. The number of para-hydroxylation sites is 1. The number of rotatable bonds is 4. The Bertz CT molecular complexity index is 762. The second kappa shape index (κ2) is 4.76. The molecule has 1 atom stereocenters. The topological polar surface area (TPSA) is 94.0 Å². The smallest absolute Gasteiger partial charge is 0.308 e. The zero-order valence-electron chi connectivity index (χ0n) is 10.7. The number of aliphatic carboxylic acids is 1. The molecule has 7 nitrogen and oxygen atoms in total. The third-order valence-electron chi connectivity index (χ3n) is 3.12. The highest BCUT2D eigenvalue weighted by Crippen LogP contribution is 2.28. The van der Waals surface area contributed by atoms with Crippen LogP contribution in [-0.2, 0) is 11.3 Å². The molecule has 3 rings (SSSR count). The normalized spacial score (nSPS) is 12.7. The first kappa shape index (κ1) is 12.3. The van der Waals surface area contributed by atoms with Crippen LogP contribution in [0.15, 0.2) is 34.9 Å². The van der Waals surface area contributed by atoms with Crippen LogP contribution >= 0.6 is 0 Å². The summed E-state index contributed by atoms with van der Waals surface area (Å²) in [4.78, 5) is 10.9. The molecule has 0 aliphatic rings. The van der Waals surface area contributed by atoms with Crippen molar-refractivity contribution in [2.75, 3.05) is 0 Å². The number of carboxylic acids is 1. The molecule has 0 amide bonds. The maximum absolute atomic E-state index is 10.9. The van der Waals surface area contributed by atoms with Crippen molar-refractivity contribution in [3.8, 4) is 11.4 Å². The van der Waals surface area contributed by atoms with Crippen molar-refractivity contribution in [3.05, 3.63) is 30.5 Å². The van der Waals surface area contributed by atoms with Crippen LogP contribution in [0, 0.1) is 5.92 Å². The number of tetrazole rings is 1. The van der Waals surface area contributed by atoms with Gasteiger partial charge >= 0.3 is 5.97 Å². The minimum Gasteiger partial charge on any atom is -0.481 e. The average molecular weight is 272 g/mol. The highest BCUT2D eigenvalue weighted by Gasteiger charge is 2.19. The van der Waals surface area contributed by atoms with Crippen LogP contribution in [0.1, 0.15) is 6.92 Å². The van der Waals surface area contributed by atoms with Gasteiger partial charge in [-0.2, -0.15) is 0 Å². The number of nitrogens with zero attached hydrogens (tertiary/aromatic N) is 4. The summed E-state index contributed by atoms with van der Waals surface area (Å²) in [6.45, 7) is 1.82. The van der Waals surface area contributed by atoms with E-state index >= 15 is 0 Å². The van der Waals surface area contributed by atoms with E-state index in [-0.39, 0.29) is 6.54 Å². The molecule has 0 saturated heterocycles. The van der Waals surface area contributed by atoms with E-state index in [4.69, 9.17) is 9.52 Å². The lowest BCUT2D eigenvalue weighted by Crippen LogP contribution is -2.18. The summed E-state index contributed by atoms with van der Waals surface area (Å²) in [7, 11) is 0. The lowest BCUT2D eigenvalue weighted by Gasteiger charge is -2.06. The van der Waals surface area contributed by atoms with Gasteiger partial charge in [-0.3, -0.25) is 4.79 Å². The fourth-order valence-electron chi connectivity index (χ4n) is 2.01. The van der Waals surface area contributed by atoms with Crippen LogP contribution in [0.2, 0.25) is 0 Å². The summed E-state index contributed by atoms with van der Waals surface area (Å²) in [6.07, 6.45) is 1.58. The predicted octanol–water partition coefficient (Wildman–Crippen LogP) is 1.81. The molecule has 0 aliphatic heterocycles. The van der Waals surface area contributed by atoms with E-state index in [1.807, 2.05) is 24.3 Å². The third-order valence-corrected chi connectivity index (χ3v) is 3.12. The van der Waals surface area contributed by atoms with E-state index in [1.165, 1.54) is 4.68 Å². The number of carboxylic acid groups (broad SMARTS) is 1. The molecule has 2 heterocycles. The average Bonchev–Trinajstić information content (AvgIpc) is 3.04. The van der Waals surface area contributed by atoms with Gasteiger partial charge in [0.15, 0.2) is 5.82 Å². The summed E-state index contributed by atoms with van der Waals surface area (Å²) < 4.78 is 6.94. The molecule has 20 heavy (non-hydrogen) atoms. The molecule has 1 N–H and O–H groups in total. The van der Waals surface area contributed by atoms with Gasteiger partial charge in [0.1, 0.15) is 11.8 Å². The molecular weight excluding hydrogens is 260 g/mol. The SMILES string of the molecule is CC(Cn1nnnc1-c1coc2ccccc12)C(=O)O. The van der Waals surface area contributed by atoms with Gasteiger partial charge in [-0.05, 0) is 16.5 Å². The van der Waals surface area contributed by atoms with Gasteiger partial charge < -0.3 is 9.52 Å². The largest absolute Gasteiger partial charge is 0.481 e. The van der Waals surface area contributed by atoms with E-state index in [0.717, 1.165) is 16.5 Å². The van der Waals surface area contributed by atoms with Crippen LogP contribution in [0.4, 0.5) is 0 Å². The molecular formula is C13H12N4O3. The summed E-state index contributed by atoms with van der Waals surface area (Å²) in [5.74, 6) is -0.957. The Morgan fingerprint density at radius 2 is 2.25 bits per heavy atom. The maximum atomic E-state index is 10.9. The van der Waals surface area contributed by atoms with Crippen molar-refractivity contribution in [3.63, 3.8) is 0 Å². The number of hydrogen-bond donors (Lipinski definition) is 1. The molecule has 2 aromatic heterocycles. The van der Waals surface area contributed by atoms with Gasteiger partial charge in [-0.15, -0.1) is 5.10 Å². The fourth-order valence-corrected chi connectivity index (χ4v) is 2.01. The Kier molecular flexibility index (Phi) is 2.94. The fraction of sp³-hybridized carbons (Fsp3) is 0.231. The van der Waals surface area contributed by atoms with Crippen LogP contribution in [0.5, 0.6) is 0 Å². The van der Waals surface area contributed by atoms with Gasteiger partial charge in [0.05, 0.1) is 18.0 Å². The third kappa shape index (κ3) is 2.03. The first-order valence-corrected chi connectivity index (χ1v) is 6.12. The van der Waals surface area contributed by atoms with E-state index < -0.39 is 11.9 Å². The first-order valence-electron chi connectivity index (χ1n) is 6.12. The zero-order chi connectivity index (χ0) is 14.1. The Morgan fingerprint density at radius 1 is 1.45 bits per heavy atom. The van der Waals surface area contributed by atoms with E-state index in [1.54, 1.807) is 13.2 Å². The number of fused-ring (bicyclic) bond motifs is 1.